The highest BCUT2D eigenvalue weighted by atomic mass is 35.5. The van der Waals surface area contributed by atoms with E-state index in [4.69, 9.17) is 39.5 Å². The van der Waals surface area contributed by atoms with Crippen molar-refractivity contribution in [3.8, 4) is 0 Å². The maximum atomic E-state index is 12.1. The first-order valence-electron chi connectivity index (χ1n) is 10.5. The molecule has 0 aliphatic carbocycles. The largest absolute Gasteiger partial charge is 0.444 e. The molecule has 2 N–H and O–H groups in total. The Hall–Kier alpha value is -2.60. The molecule has 0 unspecified atom stereocenters. The van der Waals surface area contributed by atoms with Crippen LogP contribution in [-0.4, -0.2) is 22.8 Å². The molecule has 0 spiro atoms. The summed E-state index contributed by atoms with van der Waals surface area (Å²) in [7, 11) is 0. The highest BCUT2D eigenvalue weighted by Gasteiger charge is 2.17. The Bertz CT molecular complexity index is 1330. The number of nitrogens with zero attached hydrogens (tertiary/aromatic N) is 1. The Morgan fingerprint density at radius 1 is 0.879 bits per heavy atom. The molecule has 0 aliphatic heterocycles. The number of anilines is 2. The van der Waals surface area contributed by atoms with Crippen molar-refractivity contribution in [1.82, 2.24) is 9.88 Å². The number of nitrogens with one attached hydrogen (secondary N) is 2. The van der Waals surface area contributed by atoms with Gasteiger partial charge in [0.15, 0.2) is 0 Å². The van der Waals surface area contributed by atoms with Crippen LogP contribution < -0.4 is 10.6 Å². The number of aromatic nitrogens is 1. The fraction of sp³-hybridized carbons (Fsp3) is 0.240. The molecule has 172 valence electrons. The van der Waals surface area contributed by atoms with E-state index in [-0.39, 0.29) is 0 Å². The topological polar surface area (TPSA) is 55.3 Å². The number of rotatable bonds is 5. The Labute approximate surface area is 207 Å². The van der Waals surface area contributed by atoms with E-state index in [0.717, 1.165) is 33.2 Å². The Morgan fingerprint density at radius 3 is 2.21 bits per heavy atom. The van der Waals surface area contributed by atoms with E-state index in [9.17, 15) is 4.79 Å². The van der Waals surface area contributed by atoms with Crippen molar-refractivity contribution in [1.29, 1.82) is 0 Å². The van der Waals surface area contributed by atoms with Crippen LogP contribution in [0.2, 0.25) is 15.1 Å². The lowest BCUT2D eigenvalue weighted by Gasteiger charge is -2.20. The number of alkyl carbamates (subject to hydrolysis) is 1. The van der Waals surface area contributed by atoms with Gasteiger partial charge < -0.3 is 19.9 Å². The fourth-order valence-electron chi connectivity index (χ4n) is 3.69. The number of amides is 1. The summed E-state index contributed by atoms with van der Waals surface area (Å²) >= 11 is 18.7. The molecule has 0 radical (unpaired) electrons. The standard InChI is InChI=1S/C25H24Cl3N3O2/c1-25(2,3)33-24(32)29-10-11-31-22-12-17(30-16-6-4-15(26)5-7-16)8-9-18(22)19-13-20(27)21(28)14-23(19)31/h4-9,12-14,30H,10-11H2,1-3H3,(H,29,32). The van der Waals surface area contributed by atoms with E-state index in [1.807, 2.05) is 63.2 Å². The van der Waals surface area contributed by atoms with E-state index >= 15 is 0 Å². The minimum atomic E-state index is -0.552. The highest BCUT2D eigenvalue weighted by Crippen LogP contribution is 2.36. The second-order valence-corrected chi connectivity index (χ2v) is 9.98. The van der Waals surface area contributed by atoms with Gasteiger partial charge in [0.05, 0.1) is 21.1 Å². The van der Waals surface area contributed by atoms with Gasteiger partial charge in [0, 0.05) is 40.3 Å². The number of ether oxygens (including phenoxy) is 1. The minimum absolute atomic E-state index is 0.392. The number of carbonyl (C=O) groups excluding carboxylic acids is 1. The van der Waals surface area contributed by atoms with Crippen LogP contribution in [0.1, 0.15) is 20.8 Å². The molecule has 33 heavy (non-hydrogen) atoms. The molecule has 3 aromatic carbocycles. The molecule has 0 saturated heterocycles. The van der Waals surface area contributed by atoms with Gasteiger partial charge in [-0.25, -0.2) is 4.79 Å². The van der Waals surface area contributed by atoms with Crippen molar-refractivity contribution >= 4 is 74.1 Å². The van der Waals surface area contributed by atoms with Gasteiger partial charge in [-0.2, -0.15) is 0 Å². The average molecular weight is 505 g/mol. The van der Waals surface area contributed by atoms with Crippen molar-refractivity contribution in [2.75, 3.05) is 11.9 Å². The van der Waals surface area contributed by atoms with E-state index in [1.165, 1.54) is 0 Å². The first-order chi connectivity index (χ1) is 15.6. The monoisotopic (exact) mass is 503 g/mol. The number of benzene rings is 3. The maximum Gasteiger partial charge on any atom is 0.407 e. The molecule has 4 aromatic rings. The van der Waals surface area contributed by atoms with Crippen LogP contribution in [0.25, 0.3) is 21.8 Å². The second-order valence-electron chi connectivity index (χ2n) is 8.73. The van der Waals surface area contributed by atoms with Crippen LogP contribution in [0, 0.1) is 0 Å². The quantitative estimate of drug-likeness (QED) is 0.289. The number of hydrogen-bond acceptors (Lipinski definition) is 3. The number of halogens is 3. The molecule has 0 aliphatic rings. The number of hydrogen-bond donors (Lipinski definition) is 2. The van der Waals surface area contributed by atoms with Gasteiger partial charge in [-0.1, -0.05) is 40.9 Å². The van der Waals surface area contributed by atoms with Gasteiger partial charge >= 0.3 is 6.09 Å². The lowest BCUT2D eigenvalue weighted by Crippen LogP contribution is -2.34. The summed E-state index contributed by atoms with van der Waals surface area (Å²) in [5, 5.41) is 9.93. The van der Waals surface area contributed by atoms with Crippen molar-refractivity contribution in [3.63, 3.8) is 0 Å². The van der Waals surface area contributed by atoms with Gasteiger partial charge in [-0.05, 0) is 69.3 Å². The first-order valence-corrected chi connectivity index (χ1v) is 11.6. The molecule has 5 nitrogen and oxygen atoms in total. The molecular weight excluding hydrogens is 481 g/mol. The molecule has 8 heteroatoms. The van der Waals surface area contributed by atoms with Crippen LogP contribution in [0.15, 0.2) is 54.6 Å². The van der Waals surface area contributed by atoms with E-state index in [1.54, 1.807) is 0 Å². The number of fused-ring (bicyclic) bond motifs is 3. The van der Waals surface area contributed by atoms with E-state index in [2.05, 4.69) is 27.3 Å². The third-order valence-electron chi connectivity index (χ3n) is 5.04. The zero-order valence-electron chi connectivity index (χ0n) is 18.5. The molecule has 0 fully saturated rings. The Morgan fingerprint density at radius 2 is 1.52 bits per heavy atom. The molecule has 1 aromatic heterocycles. The molecule has 0 atom stereocenters. The van der Waals surface area contributed by atoms with Crippen molar-refractivity contribution in [3.05, 3.63) is 69.7 Å². The van der Waals surface area contributed by atoms with Gasteiger partial charge in [0.1, 0.15) is 5.60 Å². The summed E-state index contributed by atoms with van der Waals surface area (Å²) in [5.74, 6) is 0. The third-order valence-corrected chi connectivity index (χ3v) is 6.02. The van der Waals surface area contributed by atoms with Gasteiger partial charge in [0.2, 0.25) is 0 Å². The average Bonchev–Trinajstić information content (AvgIpc) is 3.01. The molecule has 4 rings (SSSR count). The third kappa shape index (κ3) is 5.49. The Balaban J connectivity index is 1.69. The molecule has 1 heterocycles. The highest BCUT2D eigenvalue weighted by molar-refractivity contribution is 6.43. The van der Waals surface area contributed by atoms with Crippen LogP contribution in [0.4, 0.5) is 16.2 Å². The summed E-state index contributed by atoms with van der Waals surface area (Å²) in [6.07, 6.45) is -0.450. The Kier molecular flexibility index (Phi) is 6.66. The first kappa shape index (κ1) is 23.6. The second kappa shape index (κ2) is 9.34. The van der Waals surface area contributed by atoms with Crippen molar-refractivity contribution in [2.24, 2.45) is 0 Å². The normalized spacial score (nSPS) is 11.7. The van der Waals surface area contributed by atoms with Crippen LogP contribution in [-0.2, 0) is 11.3 Å². The van der Waals surface area contributed by atoms with Crippen LogP contribution in [0.5, 0.6) is 0 Å². The smallest absolute Gasteiger partial charge is 0.407 e. The molecule has 0 saturated carbocycles. The lowest BCUT2D eigenvalue weighted by atomic mass is 10.1. The lowest BCUT2D eigenvalue weighted by molar-refractivity contribution is 0.0526. The summed E-state index contributed by atoms with van der Waals surface area (Å²) < 4.78 is 7.47. The van der Waals surface area contributed by atoms with Crippen LogP contribution in [0.3, 0.4) is 0 Å². The fourth-order valence-corrected chi connectivity index (χ4v) is 4.14. The van der Waals surface area contributed by atoms with Crippen LogP contribution >= 0.6 is 34.8 Å². The molecular formula is C25H24Cl3N3O2. The predicted molar refractivity (Wildman–Crippen MR) is 138 cm³/mol. The summed E-state index contributed by atoms with van der Waals surface area (Å²) in [4.78, 5) is 12.1. The summed E-state index contributed by atoms with van der Waals surface area (Å²) in [6, 6.07) is 17.4. The van der Waals surface area contributed by atoms with Gasteiger partial charge in [-0.3, -0.25) is 0 Å². The van der Waals surface area contributed by atoms with E-state index in [0.29, 0.717) is 28.2 Å². The van der Waals surface area contributed by atoms with E-state index < -0.39 is 11.7 Å². The zero-order valence-corrected chi connectivity index (χ0v) is 20.8. The molecule has 1 amide bonds. The minimum Gasteiger partial charge on any atom is -0.444 e. The SMILES string of the molecule is CC(C)(C)OC(=O)NCCn1c2cc(Nc3ccc(Cl)cc3)ccc2c2cc(Cl)c(Cl)cc21. The summed E-state index contributed by atoms with van der Waals surface area (Å²) in [6.45, 7) is 6.42. The maximum absolute atomic E-state index is 12.1. The zero-order chi connectivity index (χ0) is 23.8. The predicted octanol–water partition coefficient (Wildman–Crippen LogP) is 8.02. The van der Waals surface area contributed by atoms with Gasteiger partial charge in [-0.15, -0.1) is 0 Å². The van der Waals surface area contributed by atoms with Crippen molar-refractivity contribution in [2.45, 2.75) is 32.9 Å². The van der Waals surface area contributed by atoms with Crippen molar-refractivity contribution < 1.29 is 9.53 Å². The van der Waals surface area contributed by atoms with Gasteiger partial charge in [0.25, 0.3) is 0 Å². The summed E-state index contributed by atoms with van der Waals surface area (Å²) in [5.41, 5.74) is 3.23. The molecule has 0 bridgehead atoms. The number of carbonyl (C=O) groups is 1.